The molecule has 35 atom stereocenters. The van der Waals surface area contributed by atoms with Gasteiger partial charge < -0.3 is 28.4 Å². The molecule has 14 bridgehead atoms. The Labute approximate surface area is 784 Å². The fraction of sp³-hybridized carbons (Fsp3) is 0.948. The molecule has 19 aliphatic carbocycles. The van der Waals surface area contributed by atoms with Crippen molar-refractivity contribution >= 4 is 35.8 Å². The van der Waals surface area contributed by atoms with E-state index in [1.807, 2.05) is 62.3 Å². The van der Waals surface area contributed by atoms with Crippen molar-refractivity contribution in [3.05, 3.63) is 0 Å². The second kappa shape index (κ2) is 43.9. The van der Waals surface area contributed by atoms with Crippen LogP contribution in [0.15, 0.2) is 0 Å². The average molecular weight is 1780 g/mol. The maximum Gasteiger partial charge on any atom is 0.312 e. The summed E-state index contributed by atoms with van der Waals surface area (Å²) in [6, 6.07) is 0. The molecule has 0 aliphatic heterocycles. The lowest BCUT2D eigenvalue weighted by Crippen LogP contribution is -2.49. The van der Waals surface area contributed by atoms with Gasteiger partial charge in [-0.05, 0) is 412 Å². The minimum Gasteiger partial charge on any atom is -0.459 e. The molecular weight excluding hydrogens is 1570 g/mol. The highest BCUT2D eigenvalue weighted by atomic mass is 16.6. The quantitative estimate of drug-likeness (QED) is 0.0646. The van der Waals surface area contributed by atoms with Crippen LogP contribution in [0.5, 0.6) is 0 Å². The van der Waals surface area contributed by atoms with E-state index in [-0.39, 0.29) is 163 Å². The Hall–Kier alpha value is -3.18. The van der Waals surface area contributed by atoms with Gasteiger partial charge in [-0.25, -0.2) is 0 Å². The summed E-state index contributed by atoms with van der Waals surface area (Å²) in [7, 11) is 0. The smallest absolute Gasteiger partial charge is 0.312 e. The topological polar surface area (TPSA) is 158 Å². The molecule has 0 radical (unpaired) electrons. The van der Waals surface area contributed by atoms with Crippen LogP contribution >= 0.6 is 0 Å². The Bertz CT molecular complexity index is 3530. The second-order valence-corrected chi connectivity index (χ2v) is 48.2. The zero-order chi connectivity index (χ0) is 85.6. The third-order valence-corrected chi connectivity index (χ3v) is 41.0. The van der Waals surface area contributed by atoms with Crippen molar-refractivity contribution in [1.82, 2.24) is 0 Å². The van der Waals surface area contributed by atoms with Crippen molar-refractivity contribution in [2.45, 2.75) is 508 Å². The fourth-order valence-electron chi connectivity index (χ4n) is 32.8. The molecule has 19 rings (SSSR count). The largest absolute Gasteiger partial charge is 0.459 e. The van der Waals surface area contributed by atoms with Gasteiger partial charge in [0.05, 0.1) is 34.0 Å². The number of fused-ring (bicyclic) bond motifs is 34. The number of esters is 6. The zero-order valence-electron chi connectivity index (χ0n) is 79.8. The van der Waals surface area contributed by atoms with E-state index in [0.717, 1.165) is 202 Å². The minimum atomic E-state index is -0.343. The molecule has 0 aromatic rings. The Morgan fingerprint density at radius 3 is 0.976 bits per heavy atom. The molecule has 127 heavy (non-hydrogen) atoms. The maximum absolute atomic E-state index is 12.7. The van der Waals surface area contributed by atoms with Crippen LogP contribution in [0.4, 0.5) is 0 Å². The lowest BCUT2D eigenvalue weighted by Gasteiger charge is -2.48. The Kier molecular flexibility index (Phi) is 38.9. The lowest BCUT2D eigenvalue weighted by atomic mass is 9.63. The number of rotatable bonds is 20. The van der Waals surface area contributed by atoms with E-state index >= 15 is 0 Å². The first-order valence-corrected chi connectivity index (χ1v) is 51.8. The van der Waals surface area contributed by atoms with E-state index in [9.17, 15) is 28.8 Å². The fourth-order valence-corrected chi connectivity index (χ4v) is 32.8. The first kappa shape index (κ1) is 113. The van der Waals surface area contributed by atoms with Gasteiger partial charge in [0, 0.05) is 35.5 Å². The van der Waals surface area contributed by atoms with E-state index in [1.165, 1.54) is 186 Å². The van der Waals surface area contributed by atoms with Crippen LogP contribution in [-0.2, 0) is 57.2 Å². The lowest BCUT2D eigenvalue weighted by molar-refractivity contribution is -0.185. The van der Waals surface area contributed by atoms with E-state index in [0.29, 0.717) is 35.5 Å². The summed E-state index contributed by atoms with van der Waals surface area (Å²) in [5.41, 5.74) is -1.92. The van der Waals surface area contributed by atoms with E-state index < -0.39 is 0 Å². The average Bonchev–Trinajstić information content (AvgIpc) is 1.54. The van der Waals surface area contributed by atoms with Gasteiger partial charge in [-0.15, -0.1) is 0 Å². The zero-order valence-corrected chi connectivity index (χ0v) is 79.8. The molecule has 19 aliphatic rings. The van der Waals surface area contributed by atoms with Crippen LogP contribution in [-0.4, -0.2) is 69.4 Å². The molecule has 0 aromatic heterocycles. The molecule has 0 spiro atoms. The van der Waals surface area contributed by atoms with Crippen LogP contribution in [0.1, 0.15) is 474 Å². The van der Waals surface area contributed by atoms with Crippen LogP contribution < -0.4 is 0 Å². The monoisotopic (exact) mass is 1780 g/mol. The Morgan fingerprint density at radius 2 is 0.575 bits per heavy atom. The van der Waals surface area contributed by atoms with Crippen LogP contribution in [0.3, 0.4) is 0 Å². The summed E-state index contributed by atoms with van der Waals surface area (Å²) >= 11 is 0. The van der Waals surface area contributed by atoms with Gasteiger partial charge in [-0.3, -0.25) is 28.8 Å². The third-order valence-electron chi connectivity index (χ3n) is 41.0. The van der Waals surface area contributed by atoms with Crippen molar-refractivity contribution in [1.29, 1.82) is 0 Å². The summed E-state index contributed by atoms with van der Waals surface area (Å²) in [4.78, 5) is 74.3. The SMILES string of the molecule is C.C.C.C.C.C.C.C.CCC(C)(C)C(=O)OC1(C)CC2CC1C1CCCC21.CCC(C)(C)C(=O)OC1(C)CCCC2CCCCC21.CCC(C)(C)C(=O)OC1(CC)CC2CC1C1C3CCC(C3)C21.CCC(C)C(=O)OC1(C)CC2CC1C1C3CCC(C3)C21.CCC(C)C(=O)OC1(C)CCCC2CCCCC21.CCC(C)C(=O)OC1(CC)CC2CC1C1C3CCC(C3)C21. The van der Waals surface area contributed by atoms with Gasteiger partial charge in [0.15, 0.2) is 0 Å². The highest BCUT2D eigenvalue weighted by Gasteiger charge is 2.71. The van der Waals surface area contributed by atoms with Crippen LogP contribution in [0, 0.1) is 188 Å². The number of hydrogen-bond donors (Lipinski definition) is 0. The predicted octanol–water partition coefficient (Wildman–Crippen LogP) is 31.6. The van der Waals surface area contributed by atoms with Gasteiger partial charge in [-0.1, -0.05) is 181 Å². The first-order valence-electron chi connectivity index (χ1n) is 51.8. The Balaban J connectivity index is 0.000000233. The standard InChI is InChI=1S/C20H32O2.C19H30O2.C18H28O2.C17H28O2.C17H30O2.C16H28O2.8CH4/c1-5-19(3,4)18(21)22-20(6-2)11-14-10-15(20)17-13-8-7-12(9-13)16(14)17;1-4-11(3)18(20)21-19(5-2)10-14-9-15(19)17-13-7-6-12(8-13)16(14)17;1-4-10(2)17(19)20-18(3)9-13-8-14(18)16-12-6-5-11(7-12)15(13)16;1-5-16(2,3)15(18)19-17(4)10-11-9-14(17)13-8-6-7-12(11)13;1-5-16(2,3)15(18)19-17(4)12-8-10-13-9-6-7-11-14(13)17;1-4-12(2)15(17)18-16(3)11-7-9-13-8-5-6-10-14(13)16;;;;;;;;/h12-17H,5-11H2,1-4H3;11-17H,4-10H2,1-3H3;10-16H,4-9H2,1-3H3;11-14H,5-10H2,1-4H3;13-14H,5-12H2,1-4H3;12-14H,4-11H2,1-3H3;8*1H4. The highest BCUT2D eigenvalue weighted by Crippen LogP contribution is 2.74. The summed E-state index contributed by atoms with van der Waals surface area (Å²) < 4.78 is 36.7. The summed E-state index contributed by atoms with van der Waals surface area (Å²) in [6.07, 6.45) is 52.5. The van der Waals surface area contributed by atoms with E-state index in [4.69, 9.17) is 28.4 Å². The summed E-state index contributed by atoms with van der Waals surface area (Å²) in [5, 5.41) is 0. The van der Waals surface area contributed by atoms with Gasteiger partial charge in [0.1, 0.15) is 33.6 Å². The molecule has 12 heteroatoms. The van der Waals surface area contributed by atoms with Gasteiger partial charge in [0.25, 0.3) is 0 Å². The predicted molar refractivity (Wildman–Crippen MR) is 528 cm³/mol. The highest BCUT2D eigenvalue weighted by molar-refractivity contribution is 5.78. The van der Waals surface area contributed by atoms with Gasteiger partial charge in [-0.2, -0.15) is 0 Å². The van der Waals surface area contributed by atoms with Gasteiger partial charge >= 0.3 is 35.8 Å². The number of ether oxygens (including phenoxy) is 6. The van der Waals surface area contributed by atoms with Crippen molar-refractivity contribution in [2.24, 2.45) is 188 Å². The molecule has 12 nitrogen and oxygen atoms in total. The molecule has 0 heterocycles. The van der Waals surface area contributed by atoms with E-state index in [1.54, 1.807) is 0 Å². The van der Waals surface area contributed by atoms with Crippen molar-refractivity contribution in [3.63, 3.8) is 0 Å². The normalized spacial score (nSPS) is 42.6. The number of carbonyl (C=O) groups is 6. The van der Waals surface area contributed by atoms with Crippen LogP contribution in [0.2, 0.25) is 0 Å². The van der Waals surface area contributed by atoms with Crippen molar-refractivity contribution in [2.75, 3.05) is 0 Å². The van der Waals surface area contributed by atoms with Crippen molar-refractivity contribution < 1.29 is 57.2 Å². The number of hydrogen-bond acceptors (Lipinski definition) is 12. The molecule has 740 valence electrons. The Morgan fingerprint density at radius 1 is 0.276 bits per heavy atom. The second-order valence-electron chi connectivity index (χ2n) is 48.2. The molecule has 0 N–H and O–H groups in total. The third kappa shape index (κ3) is 21.2. The first-order chi connectivity index (χ1) is 56.4. The molecular formula is C115H208O12. The van der Waals surface area contributed by atoms with Gasteiger partial charge in [0.2, 0.25) is 0 Å². The molecule has 0 aromatic carbocycles. The molecule has 35 unspecified atom stereocenters. The molecule has 19 saturated carbocycles. The maximum atomic E-state index is 12.7. The van der Waals surface area contributed by atoms with Crippen molar-refractivity contribution in [3.8, 4) is 0 Å². The molecule has 0 amide bonds. The number of carbonyl (C=O) groups excluding carboxylic acids is 6. The minimum absolute atomic E-state index is 0. The van der Waals surface area contributed by atoms with E-state index in [2.05, 4.69) is 83.1 Å². The molecule has 19 fully saturated rings. The van der Waals surface area contributed by atoms with Crippen LogP contribution in [0.25, 0.3) is 0 Å². The summed E-state index contributed by atoms with van der Waals surface area (Å²) in [6.45, 7) is 43.8. The summed E-state index contributed by atoms with van der Waals surface area (Å²) in [5.74, 6) is 22.6. The molecule has 0 saturated heterocycles.